The number of ether oxygens (including phenoxy) is 1. The van der Waals surface area contributed by atoms with Crippen molar-refractivity contribution in [2.24, 2.45) is 0 Å². The summed E-state index contributed by atoms with van der Waals surface area (Å²) < 4.78 is 42.1. The van der Waals surface area contributed by atoms with Gasteiger partial charge in [0.1, 0.15) is 5.75 Å². The fourth-order valence-electron chi connectivity index (χ4n) is 3.08. The van der Waals surface area contributed by atoms with Gasteiger partial charge in [-0.25, -0.2) is 0 Å². The molecule has 12 heteroatoms. The van der Waals surface area contributed by atoms with Gasteiger partial charge in [0.25, 0.3) is 0 Å². The third kappa shape index (κ3) is 5.38. The maximum Gasteiger partial charge on any atom is 0.573 e. The molecule has 2 heterocycles. The van der Waals surface area contributed by atoms with Crippen molar-refractivity contribution in [2.45, 2.75) is 17.9 Å². The summed E-state index contributed by atoms with van der Waals surface area (Å²) in [5, 5.41) is 15.6. The number of hydrogen-bond acceptors (Lipinski definition) is 6. The predicted molar refractivity (Wildman–Crippen MR) is 112 cm³/mol. The van der Waals surface area contributed by atoms with Crippen molar-refractivity contribution < 1.29 is 22.7 Å². The number of amides is 1. The number of rotatable bonds is 8. The first-order valence-corrected chi connectivity index (χ1v) is 10.5. The molecule has 0 fully saturated rings. The number of carbonyl (C=O) groups is 1. The highest BCUT2D eigenvalue weighted by Crippen LogP contribution is 2.25. The van der Waals surface area contributed by atoms with Gasteiger partial charge in [-0.05, 0) is 52.7 Å². The fraction of sp³-hybridized carbons (Fsp3) is 0.200. The van der Waals surface area contributed by atoms with E-state index in [1.54, 1.807) is 0 Å². The summed E-state index contributed by atoms with van der Waals surface area (Å²) in [7, 11) is 0. The molecule has 8 nitrogen and oxygen atoms in total. The first-order valence-electron chi connectivity index (χ1n) is 9.48. The number of tetrazole rings is 1. The van der Waals surface area contributed by atoms with Crippen LogP contribution in [0.1, 0.15) is 5.56 Å². The van der Waals surface area contributed by atoms with E-state index >= 15 is 0 Å². The molecule has 0 spiro atoms. The summed E-state index contributed by atoms with van der Waals surface area (Å²) in [4.78, 5) is 15.4. The molecule has 2 aromatic heterocycles. The summed E-state index contributed by atoms with van der Waals surface area (Å²) in [5.74, 6) is -0.444. The van der Waals surface area contributed by atoms with Crippen molar-refractivity contribution in [3.05, 3.63) is 60.3 Å². The van der Waals surface area contributed by atoms with Gasteiger partial charge in [0.05, 0.1) is 11.4 Å². The van der Waals surface area contributed by atoms with E-state index in [1.165, 1.54) is 16.8 Å². The highest BCUT2D eigenvalue weighted by molar-refractivity contribution is 7.99. The van der Waals surface area contributed by atoms with Crippen molar-refractivity contribution in [3.63, 3.8) is 0 Å². The van der Waals surface area contributed by atoms with Gasteiger partial charge in [-0.3, -0.25) is 4.79 Å². The molecule has 2 aromatic carbocycles. The third-order valence-electron chi connectivity index (χ3n) is 4.48. The van der Waals surface area contributed by atoms with E-state index in [2.05, 4.69) is 30.6 Å². The van der Waals surface area contributed by atoms with Crippen molar-refractivity contribution in [1.29, 1.82) is 0 Å². The lowest BCUT2D eigenvalue weighted by molar-refractivity contribution is -0.274. The van der Waals surface area contributed by atoms with Crippen LogP contribution in [-0.4, -0.2) is 49.8 Å². The maximum atomic E-state index is 12.3. The van der Waals surface area contributed by atoms with E-state index < -0.39 is 6.36 Å². The molecule has 0 radical (unpaired) electrons. The van der Waals surface area contributed by atoms with Gasteiger partial charge in [0.2, 0.25) is 11.1 Å². The van der Waals surface area contributed by atoms with E-state index in [4.69, 9.17) is 0 Å². The molecule has 4 aromatic rings. The van der Waals surface area contributed by atoms with E-state index in [0.29, 0.717) is 23.8 Å². The Morgan fingerprint density at radius 2 is 1.94 bits per heavy atom. The number of nitrogens with zero attached hydrogens (tertiary/aromatic N) is 4. The van der Waals surface area contributed by atoms with Crippen LogP contribution in [0.15, 0.2) is 59.9 Å². The second-order valence-corrected chi connectivity index (χ2v) is 7.61. The lowest BCUT2D eigenvalue weighted by atomic mass is 10.1. The molecule has 0 bridgehead atoms. The monoisotopic (exact) mass is 462 g/mol. The van der Waals surface area contributed by atoms with Crippen molar-refractivity contribution in [1.82, 2.24) is 30.5 Å². The number of hydrogen-bond donors (Lipinski definition) is 2. The molecule has 0 saturated carbocycles. The molecule has 0 aliphatic heterocycles. The maximum absolute atomic E-state index is 12.3. The Morgan fingerprint density at radius 1 is 1.16 bits per heavy atom. The van der Waals surface area contributed by atoms with Gasteiger partial charge in [0.15, 0.2) is 0 Å². The summed E-state index contributed by atoms with van der Waals surface area (Å²) in [6, 6.07) is 13.1. The predicted octanol–water partition coefficient (Wildman–Crippen LogP) is 3.49. The molecular weight excluding hydrogens is 445 g/mol. The highest BCUT2D eigenvalue weighted by Gasteiger charge is 2.31. The number of aromatic nitrogens is 5. The Hall–Kier alpha value is -3.54. The zero-order valence-corrected chi connectivity index (χ0v) is 17.3. The Labute approximate surface area is 184 Å². The van der Waals surface area contributed by atoms with Crippen molar-refractivity contribution in [3.8, 4) is 11.4 Å². The van der Waals surface area contributed by atoms with Gasteiger partial charge in [-0.15, -0.1) is 18.3 Å². The molecule has 2 N–H and O–H groups in total. The standard InChI is InChI=1S/C20H17F3N6O2S/c21-20(22,23)31-15-7-5-14(6-8-15)29-19(26-27-28-29)32-12-18(30)24-10-9-13-11-25-17-4-2-1-3-16(13)17/h1-8,11,25H,9-10,12H2,(H,24,30). The number of thioether (sulfide) groups is 1. The Kier molecular flexibility index (Phi) is 6.30. The molecule has 0 aliphatic rings. The van der Waals surface area contributed by atoms with E-state index in [1.807, 2.05) is 30.5 Å². The number of carbonyl (C=O) groups excluding carboxylic acids is 1. The normalized spacial score (nSPS) is 11.6. The number of H-pyrrole nitrogens is 1. The number of benzene rings is 2. The van der Waals surface area contributed by atoms with E-state index in [0.717, 1.165) is 40.4 Å². The van der Waals surface area contributed by atoms with Crippen LogP contribution in [-0.2, 0) is 11.2 Å². The summed E-state index contributed by atoms with van der Waals surface area (Å²) in [5.41, 5.74) is 2.61. The second kappa shape index (κ2) is 9.30. The average molecular weight is 462 g/mol. The molecule has 0 aliphatic carbocycles. The zero-order chi connectivity index (χ0) is 22.6. The van der Waals surface area contributed by atoms with Crippen LogP contribution in [0, 0.1) is 0 Å². The second-order valence-electron chi connectivity index (χ2n) is 6.66. The molecule has 4 rings (SSSR count). The number of aromatic amines is 1. The minimum absolute atomic E-state index is 0.0868. The summed E-state index contributed by atoms with van der Waals surface area (Å²) in [6.45, 7) is 0.479. The quantitative estimate of drug-likeness (QED) is 0.389. The largest absolute Gasteiger partial charge is 0.573 e. The van der Waals surface area contributed by atoms with Gasteiger partial charge in [-0.2, -0.15) is 4.68 Å². The van der Waals surface area contributed by atoms with Crippen molar-refractivity contribution >= 4 is 28.6 Å². The molecule has 0 saturated heterocycles. The van der Waals surface area contributed by atoms with Gasteiger partial charge in [0, 0.05) is 23.6 Å². The highest BCUT2D eigenvalue weighted by atomic mass is 32.2. The molecule has 32 heavy (non-hydrogen) atoms. The first kappa shape index (κ1) is 21.7. The lowest BCUT2D eigenvalue weighted by Gasteiger charge is -2.09. The minimum atomic E-state index is -4.76. The summed E-state index contributed by atoms with van der Waals surface area (Å²) >= 11 is 1.12. The Morgan fingerprint density at radius 3 is 2.72 bits per heavy atom. The van der Waals surface area contributed by atoms with E-state index in [-0.39, 0.29) is 17.4 Å². The van der Waals surface area contributed by atoms with Gasteiger partial charge in [-0.1, -0.05) is 30.0 Å². The number of para-hydroxylation sites is 1. The molecule has 1 amide bonds. The SMILES string of the molecule is O=C(CSc1nnnn1-c1ccc(OC(F)(F)F)cc1)NCCc1c[nH]c2ccccc12. The number of nitrogens with one attached hydrogen (secondary N) is 2. The summed E-state index contributed by atoms with van der Waals surface area (Å²) in [6.07, 6.45) is -2.14. The van der Waals surface area contributed by atoms with Crippen LogP contribution in [0.5, 0.6) is 5.75 Å². The van der Waals surface area contributed by atoms with Gasteiger partial charge < -0.3 is 15.0 Å². The topological polar surface area (TPSA) is 97.7 Å². The van der Waals surface area contributed by atoms with Crippen LogP contribution in [0.2, 0.25) is 0 Å². The molecule has 0 atom stereocenters. The smallest absolute Gasteiger partial charge is 0.406 e. The molecular formula is C20H17F3N6O2S. The Balaban J connectivity index is 1.29. The number of halogens is 3. The van der Waals surface area contributed by atoms with E-state index in [9.17, 15) is 18.0 Å². The molecule has 166 valence electrons. The lowest BCUT2D eigenvalue weighted by Crippen LogP contribution is -2.27. The van der Waals surface area contributed by atoms with Crippen LogP contribution >= 0.6 is 11.8 Å². The number of alkyl halides is 3. The van der Waals surface area contributed by atoms with Crippen molar-refractivity contribution in [2.75, 3.05) is 12.3 Å². The van der Waals surface area contributed by atoms with Crippen LogP contribution in [0.25, 0.3) is 16.6 Å². The first-order chi connectivity index (χ1) is 15.4. The average Bonchev–Trinajstić information content (AvgIpc) is 3.39. The zero-order valence-electron chi connectivity index (χ0n) is 16.5. The Bertz CT molecular complexity index is 1210. The number of fused-ring (bicyclic) bond motifs is 1. The molecule has 0 unspecified atom stereocenters. The fourth-order valence-corrected chi connectivity index (χ4v) is 3.80. The van der Waals surface area contributed by atoms with Crippen LogP contribution in [0.3, 0.4) is 0 Å². The minimum Gasteiger partial charge on any atom is -0.406 e. The third-order valence-corrected chi connectivity index (χ3v) is 5.40. The van der Waals surface area contributed by atoms with Crippen LogP contribution < -0.4 is 10.1 Å². The van der Waals surface area contributed by atoms with Crippen LogP contribution in [0.4, 0.5) is 13.2 Å². The van der Waals surface area contributed by atoms with Gasteiger partial charge >= 0.3 is 6.36 Å².